The number of hydrogen-bond acceptors (Lipinski definition) is 7. The third kappa shape index (κ3) is 5.83. The Morgan fingerprint density at radius 3 is 2.41 bits per heavy atom. The van der Waals surface area contributed by atoms with Gasteiger partial charge in [0.05, 0.1) is 23.4 Å². The van der Waals surface area contributed by atoms with Gasteiger partial charge in [0.25, 0.3) is 11.8 Å². The van der Waals surface area contributed by atoms with Crippen molar-refractivity contribution in [1.82, 2.24) is 14.8 Å². The number of carbonyl (C=O) groups is 3. The summed E-state index contributed by atoms with van der Waals surface area (Å²) in [4.78, 5) is 42.3. The van der Waals surface area contributed by atoms with Crippen LogP contribution in [0.2, 0.25) is 0 Å². The lowest BCUT2D eigenvalue weighted by molar-refractivity contribution is 0.0664. The van der Waals surface area contributed by atoms with Crippen LogP contribution in [0.1, 0.15) is 34.6 Å². The normalized spacial score (nSPS) is 13.2. The van der Waals surface area contributed by atoms with Crippen molar-refractivity contribution < 1.29 is 32.6 Å². The van der Waals surface area contributed by atoms with Crippen LogP contribution < -0.4 is 9.46 Å². The van der Waals surface area contributed by atoms with E-state index in [-0.39, 0.29) is 48.4 Å². The first-order valence-electron chi connectivity index (χ1n) is 10.2. The molecule has 0 unspecified atom stereocenters. The highest BCUT2D eigenvalue weighted by Crippen LogP contribution is 2.27. The summed E-state index contributed by atoms with van der Waals surface area (Å²) in [6, 6.07) is 7.47. The van der Waals surface area contributed by atoms with Crippen LogP contribution in [0.4, 0.5) is 10.5 Å². The van der Waals surface area contributed by atoms with Crippen molar-refractivity contribution in [3.05, 3.63) is 52.1 Å². The highest BCUT2D eigenvalue weighted by atomic mass is 79.9. The van der Waals surface area contributed by atoms with Gasteiger partial charge in [-0.05, 0) is 48.0 Å². The van der Waals surface area contributed by atoms with E-state index < -0.39 is 33.7 Å². The number of fused-ring (bicyclic) bond motifs is 1. The second-order valence-corrected chi connectivity index (χ2v) is 10.4. The molecule has 1 aromatic carbocycles. The van der Waals surface area contributed by atoms with Crippen LogP contribution in [0, 0.1) is 0 Å². The highest BCUT2D eigenvalue weighted by Gasteiger charge is 2.35. The number of carboxylic acid groups (broad SMARTS) is 1. The van der Waals surface area contributed by atoms with Crippen molar-refractivity contribution in [3.63, 3.8) is 0 Å². The Labute approximate surface area is 204 Å². The number of nitrogens with one attached hydrogen (secondary N) is 1. The summed E-state index contributed by atoms with van der Waals surface area (Å²) >= 11 is 3.22. The Morgan fingerprint density at radius 1 is 1.24 bits per heavy atom. The molecule has 182 valence electrons. The zero-order valence-corrected chi connectivity index (χ0v) is 20.8. The summed E-state index contributed by atoms with van der Waals surface area (Å²) < 4.78 is 33.8. The van der Waals surface area contributed by atoms with Gasteiger partial charge in [-0.2, -0.15) is 0 Å². The fourth-order valence-corrected chi connectivity index (χ4v) is 4.64. The van der Waals surface area contributed by atoms with Gasteiger partial charge in [-0.3, -0.25) is 19.2 Å². The van der Waals surface area contributed by atoms with E-state index in [4.69, 9.17) is 4.74 Å². The van der Waals surface area contributed by atoms with Gasteiger partial charge >= 0.3 is 6.09 Å². The van der Waals surface area contributed by atoms with E-state index in [0.29, 0.717) is 4.47 Å². The van der Waals surface area contributed by atoms with Crippen LogP contribution in [-0.2, 0) is 10.0 Å². The Hall–Kier alpha value is -3.19. The minimum Gasteiger partial charge on any atom is -0.474 e. The van der Waals surface area contributed by atoms with Crippen LogP contribution in [0.5, 0.6) is 5.88 Å². The average molecular weight is 555 g/mol. The van der Waals surface area contributed by atoms with Crippen LogP contribution in [0.15, 0.2) is 41.0 Å². The molecule has 34 heavy (non-hydrogen) atoms. The number of carbonyl (C=O) groups excluding carboxylic acids is 2. The third-order valence-corrected chi connectivity index (χ3v) is 6.67. The summed E-state index contributed by atoms with van der Waals surface area (Å²) in [5.74, 6) is -1.67. The van der Waals surface area contributed by atoms with Gasteiger partial charge in [-0.1, -0.05) is 12.1 Å². The summed E-state index contributed by atoms with van der Waals surface area (Å²) in [5.41, 5.74) is 0.506. The van der Waals surface area contributed by atoms with Crippen molar-refractivity contribution >= 4 is 49.5 Å². The largest absolute Gasteiger partial charge is 0.474 e. The zero-order chi connectivity index (χ0) is 25.0. The Balaban J connectivity index is 1.66. The molecule has 11 nitrogen and oxygen atoms in total. The van der Waals surface area contributed by atoms with Crippen molar-refractivity contribution in [2.24, 2.45) is 0 Å². The molecule has 3 amide bonds. The summed E-state index contributed by atoms with van der Waals surface area (Å²) in [6.45, 7) is 3.11. The standard InChI is InChI=1S/C21H23BrN4O7S/c1-13(2)25(21(29)30)7-9-33-18-17(11-14(22)12-23-18)24-34(31,32)10-8-26-19(27)15-5-3-4-6-16(15)20(26)28/h3-6,11-13,24H,7-10H2,1-2H3,(H,29,30). The fourth-order valence-electron chi connectivity index (χ4n) is 3.30. The Morgan fingerprint density at radius 2 is 1.85 bits per heavy atom. The summed E-state index contributed by atoms with van der Waals surface area (Å²) in [5, 5.41) is 9.23. The van der Waals surface area contributed by atoms with E-state index in [0.717, 1.165) is 4.90 Å². The van der Waals surface area contributed by atoms with Gasteiger partial charge in [-0.15, -0.1) is 0 Å². The van der Waals surface area contributed by atoms with Gasteiger partial charge in [0.1, 0.15) is 12.3 Å². The molecule has 2 heterocycles. The number of sulfonamides is 1. The molecule has 0 spiro atoms. The second kappa shape index (κ2) is 10.4. The van der Waals surface area contributed by atoms with Crippen molar-refractivity contribution in [2.75, 3.05) is 30.2 Å². The minimum atomic E-state index is -4.01. The molecule has 2 N–H and O–H groups in total. The van der Waals surface area contributed by atoms with Gasteiger partial charge in [-0.25, -0.2) is 18.2 Å². The molecular formula is C21H23BrN4O7S. The number of hydrogen-bond donors (Lipinski definition) is 2. The number of halogens is 1. The number of benzene rings is 1. The molecule has 0 bridgehead atoms. The first-order valence-corrected chi connectivity index (χ1v) is 12.7. The van der Waals surface area contributed by atoms with E-state index >= 15 is 0 Å². The second-order valence-electron chi connectivity index (χ2n) is 7.65. The van der Waals surface area contributed by atoms with E-state index in [9.17, 15) is 27.9 Å². The molecule has 1 aromatic heterocycles. The van der Waals surface area contributed by atoms with E-state index in [1.165, 1.54) is 29.3 Å². The molecule has 1 aliphatic rings. The molecule has 3 rings (SSSR count). The van der Waals surface area contributed by atoms with Gasteiger partial charge < -0.3 is 14.7 Å². The van der Waals surface area contributed by atoms with Crippen LogP contribution in [-0.4, -0.2) is 77.7 Å². The lowest BCUT2D eigenvalue weighted by atomic mass is 10.1. The predicted octanol–water partition coefficient (Wildman–Crippen LogP) is 2.65. The summed E-state index contributed by atoms with van der Waals surface area (Å²) in [6.07, 6.45) is 0.306. The SMILES string of the molecule is CC(C)N(CCOc1ncc(Br)cc1NS(=O)(=O)CCN1C(=O)c2ccccc2C1=O)C(=O)O. The number of anilines is 1. The van der Waals surface area contributed by atoms with Gasteiger partial charge in [0.2, 0.25) is 15.9 Å². The smallest absolute Gasteiger partial charge is 0.407 e. The molecule has 0 fully saturated rings. The number of nitrogens with zero attached hydrogens (tertiary/aromatic N) is 3. The van der Waals surface area contributed by atoms with Crippen molar-refractivity contribution in [1.29, 1.82) is 0 Å². The monoisotopic (exact) mass is 554 g/mol. The maximum atomic E-state index is 12.7. The number of amides is 3. The first kappa shape index (κ1) is 25.4. The molecule has 0 aliphatic carbocycles. The lowest BCUT2D eigenvalue weighted by Gasteiger charge is -2.23. The fraction of sp³-hybridized carbons (Fsp3) is 0.333. The molecule has 0 saturated carbocycles. The van der Waals surface area contributed by atoms with E-state index in [2.05, 4.69) is 25.6 Å². The molecule has 0 atom stereocenters. The maximum absolute atomic E-state index is 12.7. The maximum Gasteiger partial charge on any atom is 0.407 e. The van der Waals surface area contributed by atoms with E-state index in [1.54, 1.807) is 26.0 Å². The first-order chi connectivity index (χ1) is 16.0. The Bertz CT molecular complexity index is 1180. The van der Waals surface area contributed by atoms with Crippen LogP contribution >= 0.6 is 15.9 Å². The van der Waals surface area contributed by atoms with Crippen molar-refractivity contribution in [3.8, 4) is 5.88 Å². The summed E-state index contributed by atoms with van der Waals surface area (Å²) in [7, 11) is -4.01. The highest BCUT2D eigenvalue weighted by molar-refractivity contribution is 9.10. The molecule has 1 aliphatic heterocycles. The zero-order valence-electron chi connectivity index (χ0n) is 18.4. The van der Waals surface area contributed by atoms with Gasteiger partial charge in [0, 0.05) is 23.3 Å². The third-order valence-electron chi connectivity index (χ3n) is 4.99. The van der Waals surface area contributed by atoms with Crippen LogP contribution in [0.25, 0.3) is 0 Å². The van der Waals surface area contributed by atoms with Gasteiger partial charge in [0.15, 0.2) is 0 Å². The molecule has 0 saturated heterocycles. The molecular weight excluding hydrogens is 532 g/mol. The van der Waals surface area contributed by atoms with E-state index in [1.807, 2.05) is 0 Å². The molecule has 13 heteroatoms. The number of aromatic nitrogens is 1. The number of ether oxygens (including phenoxy) is 1. The van der Waals surface area contributed by atoms with Crippen LogP contribution in [0.3, 0.4) is 0 Å². The topological polar surface area (TPSA) is 146 Å². The molecule has 2 aromatic rings. The lowest BCUT2D eigenvalue weighted by Crippen LogP contribution is -2.38. The number of rotatable bonds is 10. The number of pyridine rings is 1. The molecule has 0 radical (unpaired) electrons. The average Bonchev–Trinajstić information content (AvgIpc) is 3.00. The minimum absolute atomic E-state index is 0.0307. The van der Waals surface area contributed by atoms with Crippen molar-refractivity contribution in [2.45, 2.75) is 19.9 Å². The Kier molecular flexibility index (Phi) is 7.77. The quantitative estimate of drug-likeness (QED) is 0.426. The number of imide groups is 1. The predicted molar refractivity (Wildman–Crippen MR) is 127 cm³/mol.